The smallest absolute Gasteiger partial charge is 0.0702 e. The van der Waals surface area contributed by atoms with Gasteiger partial charge in [0.25, 0.3) is 0 Å². The Bertz CT molecular complexity index is 379. The molecule has 0 atom stereocenters. The van der Waals surface area contributed by atoms with Crippen molar-refractivity contribution in [3.05, 3.63) is 66.8 Å². The standard InChI is InChI=1S/C12H10N2/c1-10(11-5-4-7-13-9-11)12-6-2-3-8-14-12/h2-9H,1H2. The van der Waals surface area contributed by atoms with Crippen LogP contribution in [0.25, 0.3) is 5.57 Å². The van der Waals surface area contributed by atoms with Crippen molar-refractivity contribution in [2.45, 2.75) is 0 Å². The van der Waals surface area contributed by atoms with E-state index in [9.17, 15) is 0 Å². The zero-order valence-corrected chi connectivity index (χ0v) is 7.72. The van der Waals surface area contributed by atoms with Crippen molar-refractivity contribution in [1.82, 2.24) is 9.97 Å². The molecule has 0 aliphatic rings. The summed E-state index contributed by atoms with van der Waals surface area (Å²) in [5.74, 6) is 0. The van der Waals surface area contributed by atoms with Crippen molar-refractivity contribution in [3.63, 3.8) is 0 Å². The molecule has 0 amide bonds. The topological polar surface area (TPSA) is 25.8 Å². The van der Waals surface area contributed by atoms with Crippen LogP contribution in [-0.4, -0.2) is 9.97 Å². The first kappa shape index (κ1) is 8.63. The molecule has 0 spiro atoms. The third-order valence-electron chi connectivity index (χ3n) is 1.98. The molecule has 0 saturated carbocycles. The van der Waals surface area contributed by atoms with E-state index in [-0.39, 0.29) is 0 Å². The highest BCUT2D eigenvalue weighted by atomic mass is 14.7. The van der Waals surface area contributed by atoms with E-state index in [4.69, 9.17) is 0 Å². The minimum absolute atomic E-state index is 0.889. The highest BCUT2D eigenvalue weighted by molar-refractivity contribution is 5.75. The fourth-order valence-corrected chi connectivity index (χ4v) is 1.23. The number of hydrogen-bond donors (Lipinski definition) is 0. The monoisotopic (exact) mass is 182 g/mol. The summed E-state index contributed by atoms with van der Waals surface area (Å²) in [4.78, 5) is 8.27. The van der Waals surface area contributed by atoms with Crippen LogP contribution in [0.2, 0.25) is 0 Å². The molecular weight excluding hydrogens is 172 g/mol. The van der Waals surface area contributed by atoms with Gasteiger partial charge >= 0.3 is 0 Å². The molecule has 14 heavy (non-hydrogen) atoms. The molecule has 0 N–H and O–H groups in total. The Morgan fingerprint density at radius 2 is 2.00 bits per heavy atom. The van der Waals surface area contributed by atoms with Gasteiger partial charge in [-0.05, 0) is 18.2 Å². The van der Waals surface area contributed by atoms with Crippen LogP contribution >= 0.6 is 0 Å². The fourth-order valence-electron chi connectivity index (χ4n) is 1.23. The van der Waals surface area contributed by atoms with Crippen LogP contribution in [0.3, 0.4) is 0 Å². The molecule has 0 bridgehead atoms. The normalized spacial score (nSPS) is 9.71. The summed E-state index contributed by atoms with van der Waals surface area (Å²) in [6, 6.07) is 9.65. The molecular formula is C12H10N2. The van der Waals surface area contributed by atoms with Crippen LogP contribution in [0.4, 0.5) is 0 Å². The van der Waals surface area contributed by atoms with Crippen molar-refractivity contribution < 1.29 is 0 Å². The van der Waals surface area contributed by atoms with Crippen LogP contribution in [0.5, 0.6) is 0 Å². The van der Waals surface area contributed by atoms with Crippen LogP contribution in [-0.2, 0) is 0 Å². The average molecular weight is 182 g/mol. The third kappa shape index (κ3) is 1.69. The molecule has 0 aromatic carbocycles. The molecule has 0 unspecified atom stereocenters. The maximum atomic E-state index is 4.23. The lowest BCUT2D eigenvalue weighted by Crippen LogP contribution is -1.89. The van der Waals surface area contributed by atoms with Gasteiger partial charge in [0.1, 0.15) is 0 Å². The molecule has 2 aromatic heterocycles. The molecule has 2 heterocycles. The summed E-state index contributed by atoms with van der Waals surface area (Å²) >= 11 is 0. The van der Waals surface area contributed by atoms with Crippen molar-refractivity contribution >= 4 is 5.57 Å². The first-order valence-corrected chi connectivity index (χ1v) is 4.38. The van der Waals surface area contributed by atoms with Gasteiger partial charge < -0.3 is 0 Å². The lowest BCUT2D eigenvalue weighted by Gasteiger charge is -2.03. The molecule has 0 fully saturated rings. The zero-order valence-electron chi connectivity index (χ0n) is 7.72. The first-order valence-electron chi connectivity index (χ1n) is 4.38. The van der Waals surface area contributed by atoms with Crippen LogP contribution in [0.1, 0.15) is 11.3 Å². The van der Waals surface area contributed by atoms with E-state index in [1.807, 2.05) is 30.3 Å². The number of aromatic nitrogens is 2. The summed E-state index contributed by atoms with van der Waals surface area (Å²) in [5.41, 5.74) is 2.80. The van der Waals surface area contributed by atoms with Crippen LogP contribution in [0.15, 0.2) is 55.5 Å². The van der Waals surface area contributed by atoms with Crippen molar-refractivity contribution in [3.8, 4) is 0 Å². The summed E-state index contributed by atoms with van der Waals surface area (Å²) in [6.45, 7) is 3.99. The minimum Gasteiger partial charge on any atom is -0.264 e. The van der Waals surface area contributed by atoms with Crippen molar-refractivity contribution in [2.75, 3.05) is 0 Å². The second kappa shape index (κ2) is 3.83. The number of nitrogens with zero attached hydrogens (tertiary/aromatic N) is 2. The Balaban J connectivity index is 2.35. The predicted molar refractivity (Wildman–Crippen MR) is 56.6 cm³/mol. The van der Waals surface area contributed by atoms with Gasteiger partial charge in [0, 0.05) is 29.7 Å². The lowest BCUT2D eigenvalue weighted by atomic mass is 10.1. The molecule has 2 rings (SSSR count). The van der Waals surface area contributed by atoms with Gasteiger partial charge in [0.2, 0.25) is 0 Å². The van der Waals surface area contributed by atoms with Gasteiger partial charge in [-0.3, -0.25) is 9.97 Å². The molecule has 0 aliphatic heterocycles. The number of rotatable bonds is 2. The summed E-state index contributed by atoms with van der Waals surface area (Å²) < 4.78 is 0. The van der Waals surface area contributed by atoms with Gasteiger partial charge in [-0.1, -0.05) is 18.7 Å². The average Bonchev–Trinajstić information content (AvgIpc) is 2.30. The number of hydrogen-bond acceptors (Lipinski definition) is 2. The first-order chi connectivity index (χ1) is 6.88. The van der Waals surface area contributed by atoms with E-state index in [1.165, 1.54) is 0 Å². The van der Waals surface area contributed by atoms with Crippen LogP contribution in [0, 0.1) is 0 Å². The van der Waals surface area contributed by atoms with Crippen molar-refractivity contribution in [2.24, 2.45) is 0 Å². The van der Waals surface area contributed by atoms with Crippen molar-refractivity contribution in [1.29, 1.82) is 0 Å². The SMILES string of the molecule is C=C(c1cccnc1)c1ccccn1. The fraction of sp³-hybridized carbons (Fsp3) is 0. The van der Waals surface area contributed by atoms with Gasteiger partial charge in [-0.2, -0.15) is 0 Å². The Hall–Kier alpha value is -1.96. The predicted octanol–water partition coefficient (Wildman–Crippen LogP) is 2.54. The molecule has 0 radical (unpaired) electrons. The highest BCUT2D eigenvalue weighted by Gasteiger charge is 2.01. The Labute approximate surface area is 83.0 Å². The van der Waals surface area contributed by atoms with Crippen LogP contribution < -0.4 is 0 Å². The molecule has 0 saturated heterocycles. The maximum absolute atomic E-state index is 4.23. The number of pyridine rings is 2. The molecule has 2 heteroatoms. The zero-order chi connectivity index (χ0) is 9.80. The minimum atomic E-state index is 0.889. The summed E-state index contributed by atoms with van der Waals surface area (Å²) in [6.07, 6.45) is 5.29. The van der Waals surface area contributed by atoms with Gasteiger partial charge in [-0.25, -0.2) is 0 Å². The van der Waals surface area contributed by atoms with Gasteiger partial charge in [0.05, 0.1) is 5.69 Å². The van der Waals surface area contributed by atoms with Gasteiger partial charge in [0.15, 0.2) is 0 Å². The lowest BCUT2D eigenvalue weighted by molar-refractivity contribution is 1.26. The second-order valence-corrected chi connectivity index (χ2v) is 2.94. The maximum Gasteiger partial charge on any atom is 0.0702 e. The molecule has 2 aromatic rings. The van der Waals surface area contributed by atoms with E-state index in [0.29, 0.717) is 0 Å². The van der Waals surface area contributed by atoms with E-state index in [2.05, 4.69) is 16.5 Å². The van der Waals surface area contributed by atoms with E-state index < -0.39 is 0 Å². The third-order valence-corrected chi connectivity index (χ3v) is 1.98. The molecule has 2 nitrogen and oxygen atoms in total. The van der Waals surface area contributed by atoms with E-state index in [0.717, 1.165) is 16.8 Å². The quantitative estimate of drug-likeness (QED) is 0.713. The Morgan fingerprint density at radius 3 is 2.64 bits per heavy atom. The second-order valence-electron chi connectivity index (χ2n) is 2.94. The Kier molecular flexibility index (Phi) is 2.36. The van der Waals surface area contributed by atoms with E-state index in [1.54, 1.807) is 18.6 Å². The molecule has 0 aliphatic carbocycles. The van der Waals surface area contributed by atoms with E-state index >= 15 is 0 Å². The Morgan fingerprint density at radius 1 is 1.07 bits per heavy atom. The molecule has 68 valence electrons. The van der Waals surface area contributed by atoms with Gasteiger partial charge in [-0.15, -0.1) is 0 Å². The largest absolute Gasteiger partial charge is 0.264 e. The summed E-state index contributed by atoms with van der Waals surface area (Å²) in [7, 11) is 0. The highest BCUT2D eigenvalue weighted by Crippen LogP contribution is 2.17. The summed E-state index contributed by atoms with van der Waals surface area (Å²) in [5, 5.41) is 0.